The number of amides is 2. The van der Waals surface area contributed by atoms with Crippen molar-refractivity contribution >= 4 is 29.4 Å². The highest BCUT2D eigenvalue weighted by Gasteiger charge is 2.10. The van der Waals surface area contributed by atoms with Gasteiger partial charge in [-0.2, -0.15) is 0 Å². The number of halogens is 1. The quantitative estimate of drug-likeness (QED) is 0.482. The number of aryl methyl sites for hydroxylation is 1. The minimum atomic E-state index is -0.531. The van der Waals surface area contributed by atoms with Gasteiger partial charge in [0.05, 0.1) is 13.0 Å². The molecule has 0 aliphatic carbocycles. The van der Waals surface area contributed by atoms with Crippen molar-refractivity contribution in [3.63, 3.8) is 0 Å². The molecule has 154 valence electrons. The average Bonchev–Trinajstić information content (AvgIpc) is 2.72. The van der Waals surface area contributed by atoms with E-state index in [4.69, 9.17) is 21.1 Å². The lowest BCUT2D eigenvalue weighted by atomic mass is 10.2. The largest absolute Gasteiger partial charge is 0.484 e. The highest BCUT2D eigenvalue weighted by atomic mass is 35.5. The lowest BCUT2D eigenvalue weighted by Crippen LogP contribution is -2.43. The Bertz CT molecular complexity index is 842. The van der Waals surface area contributed by atoms with Crippen LogP contribution in [0.15, 0.2) is 48.5 Å². The summed E-state index contributed by atoms with van der Waals surface area (Å²) in [6.45, 7) is 1.80. The molecule has 0 atom stereocenters. The number of ether oxygens (including phenoxy) is 2. The SMILES string of the molecule is Cc1cc(OCC(=O)NNC(=O)CCC(=O)OCCc2ccccc2)ccc1Cl. The Labute approximate surface area is 174 Å². The number of nitrogens with one attached hydrogen (secondary N) is 2. The molecule has 7 nitrogen and oxygen atoms in total. The van der Waals surface area contributed by atoms with Crippen LogP contribution >= 0.6 is 11.6 Å². The van der Waals surface area contributed by atoms with E-state index in [1.54, 1.807) is 18.2 Å². The molecule has 0 radical (unpaired) electrons. The fraction of sp³-hybridized carbons (Fsp3) is 0.286. The Hall–Kier alpha value is -3.06. The number of hydrazine groups is 1. The van der Waals surface area contributed by atoms with Gasteiger partial charge in [0.15, 0.2) is 6.61 Å². The Morgan fingerprint density at radius 3 is 2.41 bits per heavy atom. The second-order valence-corrected chi connectivity index (χ2v) is 6.66. The van der Waals surface area contributed by atoms with Gasteiger partial charge in [-0.05, 0) is 36.2 Å². The van der Waals surface area contributed by atoms with Crippen LogP contribution in [-0.2, 0) is 25.5 Å². The van der Waals surface area contributed by atoms with Gasteiger partial charge >= 0.3 is 5.97 Å². The van der Waals surface area contributed by atoms with Crippen LogP contribution in [0.2, 0.25) is 5.02 Å². The van der Waals surface area contributed by atoms with Gasteiger partial charge in [-0.1, -0.05) is 41.9 Å². The van der Waals surface area contributed by atoms with Gasteiger partial charge in [0.2, 0.25) is 5.91 Å². The van der Waals surface area contributed by atoms with Crippen molar-refractivity contribution in [1.29, 1.82) is 0 Å². The fourth-order valence-corrected chi connectivity index (χ4v) is 2.43. The van der Waals surface area contributed by atoms with Gasteiger partial charge in [0.1, 0.15) is 5.75 Å². The number of carbonyl (C=O) groups is 3. The molecule has 2 rings (SSSR count). The molecule has 0 fully saturated rings. The molecule has 8 heteroatoms. The Morgan fingerprint density at radius 2 is 1.69 bits per heavy atom. The van der Waals surface area contributed by atoms with E-state index in [1.165, 1.54) is 0 Å². The monoisotopic (exact) mass is 418 g/mol. The van der Waals surface area contributed by atoms with Gasteiger partial charge in [-0.15, -0.1) is 0 Å². The molecule has 0 saturated carbocycles. The van der Waals surface area contributed by atoms with E-state index < -0.39 is 17.8 Å². The van der Waals surface area contributed by atoms with E-state index in [1.807, 2.05) is 37.3 Å². The number of benzene rings is 2. The molecular formula is C21H23ClN2O5. The van der Waals surface area contributed by atoms with E-state index in [0.29, 0.717) is 17.2 Å². The molecule has 0 unspecified atom stereocenters. The second kappa shape index (κ2) is 11.7. The molecule has 0 heterocycles. The minimum Gasteiger partial charge on any atom is -0.484 e. The number of hydrogen-bond donors (Lipinski definition) is 2. The zero-order valence-corrected chi connectivity index (χ0v) is 16.8. The number of hydrogen-bond acceptors (Lipinski definition) is 5. The molecule has 0 aromatic heterocycles. The van der Waals surface area contributed by atoms with Crippen LogP contribution in [0.4, 0.5) is 0 Å². The lowest BCUT2D eigenvalue weighted by molar-refractivity contribution is -0.145. The summed E-state index contributed by atoms with van der Waals surface area (Å²) < 4.78 is 10.4. The highest BCUT2D eigenvalue weighted by Crippen LogP contribution is 2.20. The van der Waals surface area contributed by atoms with Gasteiger partial charge in [-0.25, -0.2) is 0 Å². The summed E-state index contributed by atoms with van der Waals surface area (Å²) in [5, 5.41) is 0.604. The van der Waals surface area contributed by atoms with Gasteiger partial charge in [-0.3, -0.25) is 25.2 Å². The van der Waals surface area contributed by atoms with E-state index in [9.17, 15) is 14.4 Å². The summed E-state index contributed by atoms with van der Waals surface area (Å²) in [6, 6.07) is 14.7. The third-order valence-electron chi connectivity index (χ3n) is 3.89. The first kappa shape index (κ1) is 22.2. The Morgan fingerprint density at radius 1 is 0.966 bits per heavy atom. The summed E-state index contributed by atoms with van der Waals surface area (Å²) in [4.78, 5) is 35.1. The molecule has 0 bridgehead atoms. The minimum absolute atomic E-state index is 0.0724. The number of carbonyl (C=O) groups excluding carboxylic acids is 3. The van der Waals surface area contributed by atoms with Crippen molar-refractivity contribution in [3.05, 3.63) is 64.7 Å². The van der Waals surface area contributed by atoms with Crippen molar-refractivity contribution in [1.82, 2.24) is 10.9 Å². The van der Waals surface area contributed by atoms with Crippen molar-refractivity contribution < 1.29 is 23.9 Å². The zero-order valence-electron chi connectivity index (χ0n) is 16.1. The van der Waals surface area contributed by atoms with E-state index in [2.05, 4.69) is 10.9 Å². The predicted molar refractivity (Wildman–Crippen MR) is 108 cm³/mol. The van der Waals surface area contributed by atoms with Crippen LogP contribution in [0.1, 0.15) is 24.0 Å². The third kappa shape index (κ3) is 8.66. The molecule has 0 aliphatic rings. The summed E-state index contributed by atoms with van der Waals surface area (Å²) >= 11 is 5.92. The molecule has 2 aromatic carbocycles. The highest BCUT2D eigenvalue weighted by molar-refractivity contribution is 6.31. The van der Waals surface area contributed by atoms with Gasteiger partial charge in [0.25, 0.3) is 5.91 Å². The second-order valence-electron chi connectivity index (χ2n) is 6.25. The van der Waals surface area contributed by atoms with Crippen molar-refractivity contribution in [2.45, 2.75) is 26.2 Å². The number of rotatable bonds is 9. The maximum Gasteiger partial charge on any atom is 0.306 e. The van der Waals surface area contributed by atoms with Gasteiger partial charge in [0, 0.05) is 17.9 Å². The Balaban J connectivity index is 1.56. The number of esters is 1. The summed E-state index contributed by atoms with van der Waals surface area (Å²) in [5.41, 5.74) is 6.35. The molecule has 2 N–H and O–H groups in total. The fourth-order valence-electron chi connectivity index (χ4n) is 2.31. The first-order chi connectivity index (χ1) is 13.9. The van der Waals surface area contributed by atoms with Crippen LogP contribution in [0.5, 0.6) is 5.75 Å². The summed E-state index contributed by atoms with van der Waals surface area (Å²) in [7, 11) is 0. The van der Waals surface area contributed by atoms with Crippen molar-refractivity contribution in [2.75, 3.05) is 13.2 Å². The molecule has 2 amide bonds. The standard InChI is InChI=1S/C21H23ClN2O5/c1-15-13-17(7-8-18(15)22)29-14-20(26)24-23-19(25)9-10-21(27)28-12-11-16-5-3-2-4-6-16/h2-8,13H,9-12,14H2,1H3,(H,23,25)(H,24,26). The van der Waals surface area contributed by atoms with Crippen LogP contribution in [0.3, 0.4) is 0 Å². The molecule has 0 spiro atoms. The average molecular weight is 419 g/mol. The summed E-state index contributed by atoms with van der Waals surface area (Å²) in [5.74, 6) is -1.01. The smallest absolute Gasteiger partial charge is 0.306 e. The van der Waals surface area contributed by atoms with Crippen LogP contribution in [0.25, 0.3) is 0 Å². The van der Waals surface area contributed by atoms with E-state index in [0.717, 1.165) is 11.1 Å². The van der Waals surface area contributed by atoms with E-state index >= 15 is 0 Å². The lowest BCUT2D eigenvalue weighted by Gasteiger charge is -2.09. The Kier molecular flexibility index (Phi) is 8.98. The summed E-state index contributed by atoms with van der Waals surface area (Å²) in [6.07, 6.45) is 0.445. The topological polar surface area (TPSA) is 93.7 Å². The molecule has 29 heavy (non-hydrogen) atoms. The van der Waals surface area contributed by atoms with Crippen molar-refractivity contribution in [3.8, 4) is 5.75 Å². The van der Waals surface area contributed by atoms with Crippen LogP contribution in [-0.4, -0.2) is 31.0 Å². The molecule has 2 aromatic rings. The molecular weight excluding hydrogens is 396 g/mol. The zero-order chi connectivity index (χ0) is 21.1. The third-order valence-corrected chi connectivity index (χ3v) is 4.32. The van der Waals surface area contributed by atoms with Crippen LogP contribution < -0.4 is 15.6 Å². The first-order valence-electron chi connectivity index (χ1n) is 9.10. The molecule has 0 saturated heterocycles. The normalized spacial score (nSPS) is 10.1. The predicted octanol–water partition coefficient (Wildman–Crippen LogP) is 2.74. The van der Waals surface area contributed by atoms with Gasteiger partial charge < -0.3 is 9.47 Å². The maximum atomic E-state index is 11.7. The first-order valence-corrected chi connectivity index (χ1v) is 9.48. The van der Waals surface area contributed by atoms with Crippen LogP contribution in [0, 0.1) is 6.92 Å². The van der Waals surface area contributed by atoms with E-state index in [-0.39, 0.29) is 26.1 Å². The maximum absolute atomic E-state index is 11.7. The van der Waals surface area contributed by atoms with Crippen molar-refractivity contribution in [2.24, 2.45) is 0 Å². The molecule has 0 aliphatic heterocycles.